The van der Waals surface area contributed by atoms with E-state index in [1.165, 1.54) is 19.1 Å². The van der Waals surface area contributed by atoms with E-state index in [-0.39, 0.29) is 29.5 Å². The second-order valence-corrected chi connectivity index (χ2v) is 7.56. The van der Waals surface area contributed by atoms with E-state index in [2.05, 4.69) is 0 Å². The van der Waals surface area contributed by atoms with Gasteiger partial charge in [0.05, 0.1) is 37.5 Å². The Bertz CT molecular complexity index is 1010. The zero-order valence-electron chi connectivity index (χ0n) is 17.5. The zero-order valence-corrected chi connectivity index (χ0v) is 17.5. The van der Waals surface area contributed by atoms with Gasteiger partial charge in [-0.1, -0.05) is 30.3 Å². The predicted octanol–water partition coefficient (Wildman–Crippen LogP) is 3.30. The highest BCUT2D eigenvalue weighted by atomic mass is 16.5. The topological polar surface area (TPSA) is 85.3 Å². The molecule has 0 aromatic heterocycles. The maximum Gasteiger partial charge on any atom is 0.295 e. The van der Waals surface area contributed by atoms with Gasteiger partial charge in [0.1, 0.15) is 17.3 Å². The summed E-state index contributed by atoms with van der Waals surface area (Å²) in [6, 6.07) is 13.4. The molecule has 0 radical (unpaired) electrons. The fraction of sp³-hybridized carbons (Fsp3) is 0.333. The van der Waals surface area contributed by atoms with Crippen LogP contribution in [0.3, 0.4) is 0 Å². The lowest BCUT2D eigenvalue weighted by Gasteiger charge is -2.27. The van der Waals surface area contributed by atoms with E-state index in [4.69, 9.17) is 14.2 Å². The minimum Gasteiger partial charge on any atom is -0.507 e. The number of ether oxygens (including phenoxy) is 3. The monoisotopic (exact) mass is 423 g/mol. The second kappa shape index (κ2) is 8.81. The molecule has 0 aliphatic carbocycles. The number of methoxy groups -OCH3 is 2. The number of aliphatic hydroxyl groups is 1. The van der Waals surface area contributed by atoms with E-state index in [0.717, 1.165) is 18.4 Å². The summed E-state index contributed by atoms with van der Waals surface area (Å²) in [5.41, 5.74) is 1.06. The van der Waals surface area contributed by atoms with Crippen LogP contribution in [0, 0.1) is 0 Å². The number of hydrogen-bond acceptors (Lipinski definition) is 6. The van der Waals surface area contributed by atoms with E-state index in [1.807, 2.05) is 30.3 Å². The fourth-order valence-corrected chi connectivity index (χ4v) is 4.20. The number of carbonyl (C=O) groups excluding carboxylic acids is 2. The summed E-state index contributed by atoms with van der Waals surface area (Å²) in [5, 5.41) is 11.3. The molecule has 2 atom stereocenters. The minimum absolute atomic E-state index is 0.0285. The standard InChI is InChI=1S/C24H25NO6/c1-29-16-10-11-19(30-2)18(13-16)22(26)20-21(15-7-4-3-5-8-15)25(24(28)23(20)27)14-17-9-6-12-31-17/h3-5,7-8,10-11,13,17,21,26H,6,9,12,14H2,1-2H3/b22-20+. The van der Waals surface area contributed by atoms with Gasteiger partial charge in [0.25, 0.3) is 11.7 Å². The van der Waals surface area contributed by atoms with Crippen LogP contribution in [0.25, 0.3) is 5.76 Å². The normalized spacial score (nSPS) is 22.7. The highest BCUT2D eigenvalue weighted by molar-refractivity contribution is 6.46. The molecule has 2 aliphatic rings. The second-order valence-electron chi connectivity index (χ2n) is 7.56. The number of ketones is 1. The third-order valence-electron chi connectivity index (χ3n) is 5.74. The van der Waals surface area contributed by atoms with Crippen LogP contribution in [-0.4, -0.2) is 55.2 Å². The van der Waals surface area contributed by atoms with Crippen molar-refractivity contribution in [2.24, 2.45) is 0 Å². The largest absolute Gasteiger partial charge is 0.507 e. The third kappa shape index (κ3) is 3.88. The number of amides is 1. The van der Waals surface area contributed by atoms with E-state index in [0.29, 0.717) is 18.1 Å². The van der Waals surface area contributed by atoms with Crippen LogP contribution in [0.5, 0.6) is 11.5 Å². The first-order chi connectivity index (χ1) is 15.0. The Balaban J connectivity index is 1.86. The van der Waals surface area contributed by atoms with E-state index < -0.39 is 17.7 Å². The average Bonchev–Trinajstić information content (AvgIpc) is 3.41. The van der Waals surface area contributed by atoms with Gasteiger partial charge >= 0.3 is 0 Å². The van der Waals surface area contributed by atoms with Crippen molar-refractivity contribution in [1.82, 2.24) is 4.90 Å². The van der Waals surface area contributed by atoms with Crippen molar-refractivity contribution in [2.45, 2.75) is 25.0 Å². The molecule has 2 aliphatic heterocycles. The van der Waals surface area contributed by atoms with Gasteiger partial charge in [0.2, 0.25) is 0 Å². The Kier molecular flexibility index (Phi) is 5.95. The van der Waals surface area contributed by atoms with Crippen LogP contribution in [0.1, 0.15) is 30.0 Å². The lowest BCUT2D eigenvalue weighted by molar-refractivity contribution is -0.140. The first kappa shape index (κ1) is 20.9. The third-order valence-corrected chi connectivity index (χ3v) is 5.74. The van der Waals surface area contributed by atoms with E-state index in [9.17, 15) is 14.7 Å². The van der Waals surface area contributed by atoms with Crippen molar-refractivity contribution < 1.29 is 28.9 Å². The first-order valence-corrected chi connectivity index (χ1v) is 10.2. The van der Waals surface area contributed by atoms with Crippen LogP contribution in [0.4, 0.5) is 0 Å². The van der Waals surface area contributed by atoms with Crippen molar-refractivity contribution in [3.8, 4) is 11.5 Å². The van der Waals surface area contributed by atoms with Crippen LogP contribution in [0.2, 0.25) is 0 Å². The van der Waals surface area contributed by atoms with Crippen molar-refractivity contribution in [2.75, 3.05) is 27.4 Å². The van der Waals surface area contributed by atoms with Crippen molar-refractivity contribution >= 4 is 17.4 Å². The highest BCUT2D eigenvalue weighted by Gasteiger charge is 2.47. The molecule has 2 heterocycles. The lowest BCUT2D eigenvalue weighted by atomic mass is 9.95. The summed E-state index contributed by atoms with van der Waals surface area (Å²) in [4.78, 5) is 27.6. The van der Waals surface area contributed by atoms with E-state index in [1.54, 1.807) is 18.2 Å². The summed E-state index contributed by atoms with van der Waals surface area (Å²) < 4.78 is 16.4. The van der Waals surface area contributed by atoms with Gasteiger partial charge in [-0.25, -0.2) is 0 Å². The van der Waals surface area contributed by atoms with Gasteiger partial charge in [0.15, 0.2) is 0 Å². The minimum atomic E-state index is -0.728. The molecule has 0 spiro atoms. The smallest absolute Gasteiger partial charge is 0.295 e. The van der Waals surface area contributed by atoms with Gasteiger partial charge in [0, 0.05) is 13.2 Å². The summed E-state index contributed by atoms with van der Waals surface area (Å²) in [6.45, 7) is 0.932. The van der Waals surface area contributed by atoms with Gasteiger partial charge in [-0.3, -0.25) is 9.59 Å². The summed E-state index contributed by atoms with van der Waals surface area (Å²) in [7, 11) is 2.99. The number of benzene rings is 2. The molecular formula is C24H25NO6. The molecule has 4 rings (SSSR count). The van der Waals surface area contributed by atoms with Crippen LogP contribution in [-0.2, 0) is 14.3 Å². The Hall–Kier alpha value is -3.32. The molecule has 162 valence electrons. The Morgan fingerprint density at radius 2 is 1.90 bits per heavy atom. The van der Waals surface area contributed by atoms with Crippen molar-refractivity contribution in [3.05, 3.63) is 65.2 Å². The maximum atomic E-state index is 13.1. The van der Waals surface area contributed by atoms with Crippen LogP contribution >= 0.6 is 0 Å². The summed E-state index contributed by atoms with van der Waals surface area (Å²) >= 11 is 0. The maximum absolute atomic E-state index is 13.1. The number of rotatable bonds is 6. The molecule has 1 N–H and O–H groups in total. The molecule has 0 saturated carbocycles. The van der Waals surface area contributed by atoms with E-state index >= 15 is 0 Å². The lowest BCUT2D eigenvalue weighted by Crippen LogP contribution is -2.36. The average molecular weight is 423 g/mol. The Morgan fingerprint density at radius 1 is 1.13 bits per heavy atom. The zero-order chi connectivity index (χ0) is 22.0. The highest BCUT2D eigenvalue weighted by Crippen LogP contribution is 2.42. The molecule has 1 amide bonds. The molecule has 2 aromatic carbocycles. The molecule has 2 aromatic rings. The van der Waals surface area contributed by atoms with Gasteiger partial charge in [-0.2, -0.15) is 0 Å². The fourth-order valence-electron chi connectivity index (χ4n) is 4.20. The molecule has 2 fully saturated rings. The van der Waals surface area contributed by atoms with Gasteiger partial charge in [-0.05, 0) is 36.6 Å². The molecule has 7 nitrogen and oxygen atoms in total. The van der Waals surface area contributed by atoms with Crippen LogP contribution in [0.15, 0.2) is 54.1 Å². The number of nitrogens with zero attached hydrogens (tertiary/aromatic N) is 1. The number of likely N-dealkylation sites (tertiary alicyclic amines) is 1. The Morgan fingerprint density at radius 3 is 2.55 bits per heavy atom. The van der Waals surface area contributed by atoms with Gasteiger partial charge < -0.3 is 24.2 Å². The van der Waals surface area contributed by atoms with Crippen molar-refractivity contribution in [1.29, 1.82) is 0 Å². The number of Topliss-reactive ketones (excluding diaryl/α,β-unsaturated/α-hetero) is 1. The quantitative estimate of drug-likeness (QED) is 0.436. The Labute approximate surface area is 180 Å². The predicted molar refractivity (Wildman–Crippen MR) is 114 cm³/mol. The molecule has 31 heavy (non-hydrogen) atoms. The first-order valence-electron chi connectivity index (χ1n) is 10.2. The molecule has 2 unspecified atom stereocenters. The molecular weight excluding hydrogens is 398 g/mol. The van der Waals surface area contributed by atoms with Crippen LogP contribution < -0.4 is 9.47 Å². The van der Waals surface area contributed by atoms with Gasteiger partial charge in [-0.15, -0.1) is 0 Å². The molecule has 0 bridgehead atoms. The number of carbonyl (C=O) groups is 2. The number of aliphatic hydroxyl groups excluding tert-OH is 1. The molecule has 2 saturated heterocycles. The SMILES string of the molecule is COc1ccc(OC)c(/C(O)=C2\C(=O)C(=O)N(CC3CCCO3)C2c2ccccc2)c1. The van der Waals surface area contributed by atoms with Crippen molar-refractivity contribution in [3.63, 3.8) is 0 Å². The number of hydrogen-bond donors (Lipinski definition) is 1. The molecule has 7 heteroatoms. The summed E-state index contributed by atoms with van der Waals surface area (Å²) in [6.07, 6.45) is 1.62. The summed E-state index contributed by atoms with van der Waals surface area (Å²) in [5.74, 6) is -0.803.